The Morgan fingerprint density at radius 1 is 1.03 bits per heavy atom. The zero-order valence-electron chi connectivity index (χ0n) is 17.8. The molecule has 0 fully saturated rings. The number of sulfonamides is 1. The minimum Gasteiger partial charge on any atom is -0.496 e. The molecule has 0 bridgehead atoms. The topological polar surface area (TPSA) is 81.7 Å². The summed E-state index contributed by atoms with van der Waals surface area (Å²) < 4.78 is 38.2. The van der Waals surface area contributed by atoms with Gasteiger partial charge in [-0.2, -0.15) is 0 Å². The van der Waals surface area contributed by atoms with Crippen molar-refractivity contribution >= 4 is 16.0 Å². The maximum Gasteiger partial charge on any atom is 0.337 e. The van der Waals surface area contributed by atoms with Crippen LogP contribution in [0.3, 0.4) is 0 Å². The van der Waals surface area contributed by atoms with Crippen molar-refractivity contribution in [3.05, 3.63) is 64.2 Å². The third-order valence-corrected chi connectivity index (χ3v) is 6.22. The van der Waals surface area contributed by atoms with E-state index in [1.54, 1.807) is 31.4 Å². The molecule has 158 valence electrons. The van der Waals surface area contributed by atoms with Crippen molar-refractivity contribution in [3.63, 3.8) is 0 Å². The lowest BCUT2D eigenvalue weighted by molar-refractivity contribution is 0.0600. The van der Waals surface area contributed by atoms with Gasteiger partial charge in [-0.3, -0.25) is 0 Å². The summed E-state index contributed by atoms with van der Waals surface area (Å²) in [5.74, 6) is 0.427. The van der Waals surface area contributed by atoms with E-state index in [0.717, 1.165) is 22.4 Å². The van der Waals surface area contributed by atoms with Crippen LogP contribution in [-0.2, 0) is 20.5 Å². The Labute approximate surface area is 173 Å². The molecule has 0 saturated carbocycles. The molecule has 1 atom stereocenters. The van der Waals surface area contributed by atoms with Crippen LogP contribution in [0.1, 0.15) is 65.3 Å². The molecule has 2 aromatic rings. The molecule has 7 heteroatoms. The van der Waals surface area contributed by atoms with Crippen LogP contribution in [-0.4, -0.2) is 28.6 Å². The van der Waals surface area contributed by atoms with Crippen LogP contribution >= 0.6 is 0 Å². The van der Waals surface area contributed by atoms with Gasteiger partial charge in [0.1, 0.15) is 5.75 Å². The lowest BCUT2D eigenvalue weighted by atomic mass is 9.94. The smallest absolute Gasteiger partial charge is 0.337 e. The second kappa shape index (κ2) is 9.41. The maximum absolute atomic E-state index is 12.7. The summed E-state index contributed by atoms with van der Waals surface area (Å²) in [6, 6.07) is 9.92. The first-order valence-electron chi connectivity index (χ1n) is 9.43. The predicted molar refractivity (Wildman–Crippen MR) is 114 cm³/mol. The molecule has 0 radical (unpaired) electrons. The zero-order valence-corrected chi connectivity index (χ0v) is 18.6. The summed E-state index contributed by atoms with van der Waals surface area (Å²) in [5.41, 5.74) is 3.89. The molecular weight excluding hydrogens is 390 g/mol. The molecule has 0 amide bonds. The lowest BCUT2D eigenvalue weighted by Crippen LogP contribution is -2.28. The number of carbonyl (C=O) groups excluding carboxylic acids is 1. The highest BCUT2D eigenvalue weighted by atomic mass is 32.2. The van der Waals surface area contributed by atoms with Gasteiger partial charge in [0.25, 0.3) is 0 Å². The number of methoxy groups -OCH3 is 2. The maximum atomic E-state index is 12.7. The molecule has 0 heterocycles. The van der Waals surface area contributed by atoms with Gasteiger partial charge in [0.15, 0.2) is 0 Å². The fraction of sp³-hybridized carbons (Fsp3) is 0.409. The zero-order chi connectivity index (χ0) is 21.8. The van der Waals surface area contributed by atoms with E-state index < -0.39 is 22.0 Å². The van der Waals surface area contributed by atoms with Gasteiger partial charge < -0.3 is 9.47 Å². The van der Waals surface area contributed by atoms with Crippen molar-refractivity contribution in [2.45, 2.75) is 45.4 Å². The van der Waals surface area contributed by atoms with E-state index in [1.165, 1.54) is 7.11 Å². The van der Waals surface area contributed by atoms with Gasteiger partial charge in [-0.15, -0.1) is 0 Å². The third-order valence-electron chi connectivity index (χ3n) is 4.79. The van der Waals surface area contributed by atoms with Crippen LogP contribution in [0.25, 0.3) is 0 Å². The van der Waals surface area contributed by atoms with Crippen LogP contribution in [0.15, 0.2) is 36.4 Å². The monoisotopic (exact) mass is 419 g/mol. The minimum absolute atomic E-state index is 0.176. The average molecular weight is 420 g/mol. The molecule has 1 N–H and O–H groups in total. The van der Waals surface area contributed by atoms with Gasteiger partial charge in [0.05, 0.1) is 25.5 Å². The molecule has 6 nitrogen and oxygen atoms in total. The summed E-state index contributed by atoms with van der Waals surface area (Å²) in [6.45, 7) is 7.92. The standard InChI is InChI=1S/C22H29NO5S/c1-14(2)19-12-20(15(3)11-21(19)27-5)16(4)23-29(25,26)13-17-7-9-18(10-8-17)22(24)28-6/h7-12,14,16,23H,13H2,1-6H3. The van der Waals surface area contributed by atoms with Crippen molar-refractivity contribution in [2.24, 2.45) is 0 Å². The molecule has 2 rings (SSSR count). The Balaban J connectivity index is 2.20. The number of esters is 1. The van der Waals surface area contributed by atoms with Gasteiger partial charge in [-0.25, -0.2) is 17.9 Å². The second-order valence-corrected chi connectivity index (χ2v) is 9.15. The molecule has 0 saturated heterocycles. The van der Waals surface area contributed by atoms with Crippen LogP contribution in [0, 0.1) is 6.92 Å². The van der Waals surface area contributed by atoms with E-state index in [-0.39, 0.29) is 11.7 Å². The van der Waals surface area contributed by atoms with Gasteiger partial charge in [-0.05, 0) is 66.3 Å². The number of hydrogen-bond donors (Lipinski definition) is 1. The Morgan fingerprint density at radius 3 is 2.17 bits per heavy atom. The highest BCUT2D eigenvalue weighted by molar-refractivity contribution is 7.88. The first-order valence-corrected chi connectivity index (χ1v) is 11.1. The fourth-order valence-corrected chi connectivity index (χ4v) is 4.64. The van der Waals surface area contributed by atoms with Crippen molar-refractivity contribution in [3.8, 4) is 5.75 Å². The third kappa shape index (κ3) is 5.81. The summed E-state index contributed by atoms with van der Waals surface area (Å²) in [5, 5.41) is 0. The van der Waals surface area contributed by atoms with E-state index in [9.17, 15) is 13.2 Å². The molecule has 1 unspecified atom stereocenters. The summed E-state index contributed by atoms with van der Waals surface area (Å²) in [6.07, 6.45) is 0. The number of carbonyl (C=O) groups is 1. The summed E-state index contributed by atoms with van der Waals surface area (Å²) in [7, 11) is -0.643. The quantitative estimate of drug-likeness (QED) is 0.652. The number of benzene rings is 2. The van der Waals surface area contributed by atoms with E-state index in [1.807, 2.05) is 26.0 Å². The average Bonchev–Trinajstić information content (AvgIpc) is 2.66. The van der Waals surface area contributed by atoms with Crippen molar-refractivity contribution < 1.29 is 22.7 Å². The molecule has 0 aliphatic carbocycles. The Kier molecular flexibility index (Phi) is 7.43. The van der Waals surface area contributed by atoms with Crippen molar-refractivity contribution in [2.75, 3.05) is 14.2 Å². The normalized spacial score (nSPS) is 12.7. The fourth-order valence-electron chi connectivity index (χ4n) is 3.26. The first kappa shape index (κ1) is 22.9. The predicted octanol–water partition coefficient (Wildman–Crippen LogP) is 4.09. The number of rotatable bonds is 8. The molecular formula is C22H29NO5S. The summed E-state index contributed by atoms with van der Waals surface area (Å²) >= 11 is 0. The molecule has 0 spiro atoms. The first-order chi connectivity index (χ1) is 13.6. The van der Waals surface area contributed by atoms with Gasteiger partial charge >= 0.3 is 5.97 Å². The molecule has 29 heavy (non-hydrogen) atoms. The van der Waals surface area contributed by atoms with E-state index in [4.69, 9.17) is 4.74 Å². The Hall–Kier alpha value is -2.38. The number of nitrogens with one attached hydrogen (secondary N) is 1. The Morgan fingerprint density at radius 2 is 1.66 bits per heavy atom. The van der Waals surface area contributed by atoms with Crippen LogP contribution < -0.4 is 9.46 Å². The number of aryl methyl sites for hydroxylation is 1. The second-order valence-electron chi connectivity index (χ2n) is 7.39. The van der Waals surface area contributed by atoms with Crippen LogP contribution in [0.2, 0.25) is 0 Å². The molecule has 2 aromatic carbocycles. The highest BCUT2D eigenvalue weighted by Gasteiger charge is 2.20. The Bertz CT molecular complexity index is 965. The van der Waals surface area contributed by atoms with E-state index in [0.29, 0.717) is 11.1 Å². The molecule has 0 aliphatic heterocycles. The van der Waals surface area contributed by atoms with Gasteiger partial charge in [0, 0.05) is 6.04 Å². The largest absolute Gasteiger partial charge is 0.496 e. The minimum atomic E-state index is -3.58. The molecule has 0 aromatic heterocycles. The van der Waals surface area contributed by atoms with Gasteiger partial charge in [0.2, 0.25) is 10.0 Å². The van der Waals surface area contributed by atoms with Crippen molar-refractivity contribution in [1.82, 2.24) is 4.72 Å². The highest BCUT2D eigenvalue weighted by Crippen LogP contribution is 2.32. The summed E-state index contributed by atoms with van der Waals surface area (Å²) in [4.78, 5) is 11.5. The molecule has 0 aliphatic rings. The van der Waals surface area contributed by atoms with E-state index >= 15 is 0 Å². The van der Waals surface area contributed by atoms with Crippen molar-refractivity contribution in [1.29, 1.82) is 0 Å². The van der Waals surface area contributed by atoms with Crippen LogP contribution in [0.5, 0.6) is 5.75 Å². The lowest BCUT2D eigenvalue weighted by Gasteiger charge is -2.21. The van der Waals surface area contributed by atoms with Gasteiger partial charge in [-0.1, -0.05) is 26.0 Å². The number of hydrogen-bond acceptors (Lipinski definition) is 5. The van der Waals surface area contributed by atoms with Crippen LogP contribution in [0.4, 0.5) is 0 Å². The van der Waals surface area contributed by atoms with E-state index in [2.05, 4.69) is 23.3 Å². The number of ether oxygens (including phenoxy) is 2. The SMILES string of the molecule is COC(=O)c1ccc(CS(=O)(=O)NC(C)c2cc(C(C)C)c(OC)cc2C)cc1.